The predicted octanol–water partition coefficient (Wildman–Crippen LogP) is 2.99. The summed E-state index contributed by atoms with van der Waals surface area (Å²) >= 11 is 3.40. The first-order valence-corrected chi connectivity index (χ1v) is 7.98. The van der Waals surface area contributed by atoms with Gasteiger partial charge in [-0.25, -0.2) is 0 Å². The van der Waals surface area contributed by atoms with Gasteiger partial charge in [-0.3, -0.25) is 9.59 Å². The van der Waals surface area contributed by atoms with Crippen LogP contribution >= 0.6 is 15.9 Å². The van der Waals surface area contributed by atoms with Crippen molar-refractivity contribution in [1.82, 2.24) is 5.32 Å². The van der Waals surface area contributed by atoms with Crippen LogP contribution in [0.2, 0.25) is 0 Å². The molecular weight excluding hydrogens is 350 g/mol. The van der Waals surface area contributed by atoms with Crippen molar-refractivity contribution in [2.75, 3.05) is 13.2 Å². The van der Waals surface area contributed by atoms with Crippen LogP contribution < -0.4 is 10.1 Å². The molecule has 0 aliphatic carbocycles. The lowest BCUT2D eigenvalue weighted by molar-refractivity contribution is -0.137. The number of rotatable bonds is 7. The number of hydrogen-bond donors (Lipinski definition) is 2. The van der Waals surface area contributed by atoms with Crippen LogP contribution in [-0.4, -0.2) is 30.1 Å². The highest BCUT2D eigenvalue weighted by Gasteiger charge is 2.16. The highest BCUT2D eigenvalue weighted by Crippen LogP contribution is 2.29. The van der Waals surface area contributed by atoms with Crippen molar-refractivity contribution in [2.45, 2.75) is 25.7 Å². The number of carbonyl (C=O) groups excluding carboxylic acids is 1. The van der Waals surface area contributed by atoms with Crippen molar-refractivity contribution in [2.24, 2.45) is 0 Å². The van der Waals surface area contributed by atoms with Crippen LogP contribution in [0.4, 0.5) is 0 Å². The summed E-state index contributed by atoms with van der Waals surface area (Å²) in [6, 6.07) is 5.68. The molecule has 0 radical (unpaired) electrons. The van der Waals surface area contributed by atoms with Crippen molar-refractivity contribution in [3.63, 3.8) is 0 Å². The zero-order chi connectivity index (χ0) is 15.9. The second-order valence-electron chi connectivity index (χ2n) is 5.10. The Morgan fingerprint density at radius 2 is 2.09 bits per heavy atom. The highest BCUT2D eigenvalue weighted by atomic mass is 79.9. The maximum Gasteiger partial charge on any atom is 0.303 e. The Balaban J connectivity index is 1.80. The standard InChI is InChI=1S/C16H18BrNO4/c17-13-5-6-14-11(9-13)8-12(10-22-14)16(21)18-7-3-1-2-4-15(19)20/h5-6,8-9H,1-4,7,10H2,(H,18,21)(H,19,20). The first-order chi connectivity index (χ1) is 10.6. The summed E-state index contributed by atoms with van der Waals surface area (Å²) in [5.41, 5.74) is 1.48. The number of halogens is 1. The summed E-state index contributed by atoms with van der Waals surface area (Å²) < 4.78 is 6.50. The molecule has 1 aromatic rings. The molecule has 0 saturated heterocycles. The summed E-state index contributed by atoms with van der Waals surface area (Å²) in [4.78, 5) is 22.4. The lowest BCUT2D eigenvalue weighted by Gasteiger charge is -2.17. The van der Waals surface area contributed by atoms with E-state index in [0.29, 0.717) is 18.5 Å². The molecule has 1 aromatic carbocycles. The van der Waals surface area contributed by atoms with Gasteiger partial charge < -0.3 is 15.2 Å². The van der Waals surface area contributed by atoms with E-state index >= 15 is 0 Å². The Morgan fingerprint density at radius 3 is 2.86 bits per heavy atom. The Hall–Kier alpha value is -1.82. The van der Waals surface area contributed by atoms with Crippen LogP contribution in [0.15, 0.2) is 28.2 Å². The maximum atomic E-state index is 12.1. The molecule has 0 spiro atoms. The monoisotopic (exact) mass is 367 g/mol. The normalized spacial score (nSPS) is 12.9. The number of amides is 1. The molecule has 0 aromatic heterocycles. The summed E-state index contributed by atoms with van der Waals surface area (Å²) in [5, 5.41) is 11.4. The zero-order valence-corrected chi connectivity index (χ0v) is 13.7. The third kappa shape index (κ3) is 4.87. The van der Waals surface area contributed by atoms with Gasteiger partial charge in [-0.15, -0.1) is 0 Å². The van der Waals surface area contributed by atoms with Crippen LogP contribution in [0, 0.1) is 0 Å². The predicted molar refractivity (Wildman–Crippen MR) is 86.7 cm³/mol. The van der Waals surface area contributed by atoms with Crippen LogP contribution in [0.5, 0.6) is 5.75 Å². The van der Waals surface area contributed by atoms with Crippen molar-refractivity contribution >= 4 is 33.9 Å². The van der Waals surface area contributed by atoms with Crippen LogP contribution in [0.3, 0.4) is 0 Å². The number of unbranched alkanes of at least 4 members (excludes halogenated alkanes) is 2. The molecule has 1 heterocycles. The molecule has 2 rings (SSSR count). The second-order valence-corrected chi connectivity index (χ2v) is 6.02. The molecule has 2 N–H and O–H groups in total. The fourth-order valence-corrected chi connectivity index (χ4v) is 2.55. The number of aliphatic carboxylic acids is 1. The van der Waals surface area contributed by atoms with E-state index in [2.05, 4.69) is 21.2 Å². The summed E-state index contributed by atoms with van der Waals surface area (Å²) in [7, 11) is 0. The highest BCUT2D eigenvalue weighted by molar-refractivity contribution is 9.10. The molecule has 1 aliphatic rings. The molecule has 22 heavy (non-hydrogen) atoms. The van der Waals surface area contributed by atoms with Gasteiger partial charge in [0.1, 0.15) is 12.4 Å². The van der Waals surface area contributed by atoms with Gasteiger partial charge in [-0.05, 0) is 37.1 Å². The zero-order valence-electron chi connectivity index (χ0n) is 12.1. The summed E-state index contributed by atoms with van der Waals surface area (Å²) in [6.07, 6.45) is 4.22. The molecule has 0 atom stereocenters. The molecule has 0 saturated carbocycles. The molecule has 5 nitrogen and oxygen atoms in total. The largest absolute Gasteiger partial charge is 0.488 e. The number of benzene rings is 1. The van der Waals surface area contributed by atoms with E-state index in [-0.39, 0.29) is 18.9 Å². The van der Waals surface area contributed by atoms with Gasteiger partial charge in [0.25, 0.3) is 5.91 Å². The van der Waals surface area contributed by atoms with Gasteiger partial charge in [0, 0.05) is 23.0 Å². The lowest BCUT2D eigenvalue weighted by Crippen LogP contribution is -2.29. The first-order valence-electron chi connectivity index (χ1n) is 7.19. The van der Waals surface area contributed by atoms with Crippen LogP contribution in [0.1, 0.15) is 31.2 Å². The number of carbonyl (C=O) groups is 2. The molecule has 1 amide bonds. The topological polar surface area (TPSA) is 75.6 Å². The van der Waals surface area contributed by atoms with Gasteiger partial charge in [-0.1, -0.05) is 22.4 Å². The van der Waals surface area contributed by atoms with E-state index in [1.807, 2.05) is 24.3 Å². The third-order valence-electron chi connectivity index (χ3n) is 3.33. The van der Waals surface area contributed by atoms with E-state index in [1.165, 1.54) is 0 Å². The van der Waals surface area contributed by atoms with Gasteiger partial charge >= 0.3 is 5.97 Å². The number of fused-ring (bicyclic) bond motifs is 1. The first kappa shape index (κ1) is 16.5. The SMILES string of the molecule is O=C(O)CCCCCNC(=O)C1=Cc2cc(Br)ccc2OC1. The fourth-order valence-electron chi connectivity index (χ4n) is 2.17. The molecule has 0 bridgehead atoms. The molecule has 0 unspecified atom stereocenters. The summed E-state index contributed by atoms with van der Waals surface area (Å²) in [6.45, 7) is 0.806. The maximum absolute atomic E-state index is 12.1. The Bertz CT molecular complexity index is 598. The number of ether oxygens (including phenoxy) is 1. The lowest BCUT2D eigenvalue weighted by atomic mass is 10.1. The Morgan fingerprint density at radius 1 is 1.27 bits per heavy atom. The smallest absolute Gasteiger partial charge is 0.303 e. The van der Waals surface area contributed by atoms with Crippen LogP contribution in [0.25, 0.3) is 6.08 Å². The second kappa shape index (κ2) is 7.98. The van der Waals surface area contributed by atoms with Crippen molar-refractivity contribution in [3.8, 4) is 5.75 Å². The number of nitrogens with one attached hydrogen (secondary N) is 1. The number of carboxylic acids is 1. The van der Waals surface area contributed by atoms with Gasteiger partial charge in [0.2, 0.25) is 0 Å². The minimum Gasteiger partial charge on any atom is -0.488 e. The van der Waals surface area contributed by atoms with E-state index in [0.717, 1.165) is 28.6 Å². The van der Waals surface area contributed by atoms with Crippen molar-refractivity contribution in [3.05, 3.63) is 33.8 Å². The average Bonchev–Trinajstić information content (AvgIpc) is 2.49. The van der Waals surface area contributed by atoms with Crippen molar-refractivity contribution in [1.29, 1.82) is 0 Å². The minimum absolute atomic E-state index is 0.135. The van der Waals surface area contributed by atoms with Gasteiger partial charge in [-0.2, -0.15) is 0 Å². The molecule has 118 valence electrons. The Kier molecular flexibility index (Phi) is 6.00. The minimum atomic E-state index is -0.779. The quantitative estimate of drug-likeness (QED) is 0.726. The number of carboxylic acid groups (broad SMARTS) is 1. The van der Waals surface area contributed by atoms with Crippen molar-refractivity contribution < 1.29 is 19.4 Å². The molecule has 0 fully saturated rings. The van der Waals surface area contributed by atoms with Crippen LogP contribution in [-0.2, 0) is 9.59 Å². The van der Waals surface area contributed by atoms with E-state index in [4.69, 9.17) is 9.84 Å². The molecule has 1 aliphatic heterocycles. The number of hydrogen-bond acceptors (Lipinski definition) is 3. The van der Waals surface area contributed by atoms with E-state index < -0.39 is 5.97 Å². The molecular formula is C16H18BrNO4. The Labute approximate surface area is 137 Å². The molecule has 6 heteroatoms. The van der Waals surface area contributed by atoms with E-state index in [9.17, 15) is 9.59 Å². The van der Waals surface area contributed by atoms with Gasteiger partial charge in [0.15, 0.2) is 0 Å². The van der Waals surface area contributed by atoms with Gasteiger partial charge in [0.05, 0.1) is 5.57 Å². The fraction of sp³-hybridized carbons (Fsp3) is 0.375. The van der Waals surface area contributed by atoms with E-state index in [1.54, 1.807) is 0 Å². The third-order valence-corrected chi connectivity index (χ3v) is 3.82. The summed E-state index contributed by atoms with van der Waals surface area (Å²) in [5.74, 6) is -0.143. The average molecular weight is 368 g/mol.